The lowest BCUT2D eigenvalue weighted by atomic mass is 10.2. The third kappa shape index (κ3) is 3.86. The van der Waals surface area contributed by atoms with Crippen LogP contribution in [0.15, 0.2) is 12.1 Å². The summed E-state index contributed by atoms with van der Waals surface area (Å²) in [5, 5.41) is 5.28. The largest absolute Gasteiger partial charge is 0.378 e. The second-order valence-corrected chi connectivity index (χ2v) is 4.63. The first-order chi connectivity index (χ1) is 9.06. The lowest BCUT2D eigenvalue weighted by molar-refractivity contribution is -0.117. The van der Waals surface area contributed by atoms with Crippen LogP contribution in [0.5, 0.6) is 0 Å². The molecule has 1 aliphatic heterocycles. The molecular weight excluding hydrogens is 278 g/mol. The average molecular weight is 291 g/mol. The molecule has 1 amide bonds. The fraction of sp³-hybridized carbons (Fsp3) is 0.417. The molecular formula is C12H13ClF2N2O2. The molecule has 4 nitrogen and oxygen atoms in total. The van der Waals surface area contributed by atoms with Gasteiger partial charge in [-0.15, -0.1) is 0 Å². The van der Waals surface area contributed by atoms with Crippen LogP contribution >= 0.6 is 11.6 Å². The van der Waals surface area contributed by atoms with Crippen molar-refractivity contribution in [3.63, 3.8) is 0 Å². The number of ether oxygens (including phenoxy) is 1. The fourth-order valence-corrected chi connectivity index (χ4v) is 2.07. The Labute approximate surface area is 114 Å². The van der Waals surface area contributed by atoms with Gasteiger partial charge in [-0.25, -0.2) is 8.78 Å². The zero-order valence-electron chi connectivity index (χ0n) is 10.0. The van der Waals surface area contributed by atoms with Crippen LogP contribution in [-0.2, 0) is 9.53 Å². The number of carbonyl (C=O) groups is 1. The number of carbonyl (C=O) groups excluding carboxylic acids is 1. The number of benzene rings is 1. The molecule has 0 bridgehead atoms. The van der Waals surface area contributed by atoms with E-state index < -0.39 is 17.5 Å². The zero-order chi connectivity index (χ0) is 13.8. The van der Waals surface area contributed by atoms with E-state index in [1.807, 2.05) is 0 Å². The summed E-state index contributed by atoms with van der Waals surface area (Å²) in [5.41, 5.74) is -0.204. The van der Waals surface area contributed by atoms with Gasteiger partial charge in [0.05, 0.1) is 23.9 Å². The van der Waals surface area contributed by atoms with Crippen molar-refractivity contribution in [3.05, 3.63) is 28.8 Å². The van der Waals surface area contributed by atoms with Crippen LogP contribution < -0.4 is 10.6 Å². The van der Waals surface area contributed by atoms with E-state index in [9.17, 15) is 13.6 Å². The second kappa shape index (κ2) is 6.27. The molecule has 1 aromatic carbocycles. The van der Waals surface area contributed by atoms with Gasteiger partial charge in [-0.05, 0) is 6.07 Å². The Morgan fingerprint density at radius 2 is 2.32 bits per heavy atom. The van der Waals surface area contributed by atoms with Crippen molar-refractivity contribution >= 4 is 23.2 Å². The van der Waals surface area contributed by atoms with Gasteiger partial charge >= 0.3 is 0 Å². The van der Waals surface area contributed by atoms with Gasteiger partial charge in [0.25, 0.3) is 0 Å². The Hall–Kier alpha value is -1.24. The topological polar surface area (TPSA) is 50.4 Å². The molecule has 2 rings (SSSR count). The standard InChI is InChI=1S/C12H13ClF2N2O2/c13-9-3-7(14)4-10(15)12(9)17-11(18)5-8-6-19-2-1-16-8/h3-4,8,16H,1-2,5-6H2,(H,17,18). The fourth-order valence-electron chi connectivity index (χ4n) is 1.83. The van der Waals surface area contributed by atoms with Crippen molar-refractivity contribution in [1.29, 1.82) is 0 Å². The van der Waals surface area contributed by atoms with Crippen molar-refractivity contribution in [2.45, 2.75) is 12.5 Å². The van der Waals surface area contributed by atoms with Crippen LogP contribution in [0, 0.1) is 11.6 Å². The lowest BCUT2D eigenvalue weighted by Crippen LogP contribution is -2.43. The molecule has 1 fully saturated rings. The van der Waals surface area contributed by atoms with Crippen molar-refractivity contribution < 1.29 is 18.3 Å². The number of halogens is 3. The monoisotopic (exact) mass is 290 g/mol. The Kier molecular flexibility index (Phi) is 4.68. The molecule has 1 heterocycles. The molecule has 2 N–H and O–H groups in total. The summed E-state index contributed by atoms with van der Waals surface area (Å²) < 4.78 is 31.5. The summed E-state index contributed by atoms with van der Waals surface area (Å²) in [7, 11) is 0. The first kappa shape index (κ1) is 14.2. The first-order valence-electron chi connectivity index (χ1n) is 5.82. The van der Waals surface area contributed by atoms with Crippen LogP contribution in [0.3, 0.4) is 0 Å². The SMILES string of the molecule is O=C(CC1COCCN1)Nc1c(F)cc(F)cc1Cl. The van der Waals surface area contributed by atoms with E-state index in [2.05, 4.69) is 10.6 Å². The van der Waals surface area contributed by atoms with Crippen molar-refractivity contribution in [2.24, 2.45) is 0 Å². The van der Waals surface area contributed by atoms with Gasteiger partial charge < -0.3 is 15.4 Å². The maximum Gasteiger partial charge on any atom is 0.226 e. The lowest BCUT2D eigenvalue weighted by Gasteiger charge is -2.23. The summed E-state index contributed by atoms with van der Waals surface area (Å²) in [5.74, 6) is -2.09. The maximum atomic E-state index is 13.5. The minimum atomic E-state index is -0.897. The van der Waals surface area contributed by atoms with Gasteiger partial charge in [0.1, 0.15) is 5.82 Å². The van der Waals surface area contributed by atoms with E-state index in [4.69, 9.17) is 16.3 Å². The van der Waals surface area contributed by atoms with Gasteiger partial charge in [0.2, 0.25) is 5.91 Å². The molecule has 0 saturated carbocycles. The van der Waals surface area contributed by atoms with Crippen LogP contribution in [0.2, 0.25) is 5.02 Å². The van der Waals surface area contributed by atoms with Crippen molar-refractivity contribution in [1.82, 2.24) is 5.32 Å². The predicted octanol–water partition coefficient (Wildman–Crippen LogP) is 1.94. The molecule has 1 aliphatic rings. The summed E-state index contributed by atoms with van der Waals surface area (Å²) in [6.07, 6.45) is 0.132. The molecule has 1 saturated heterocycles. The van der Waals surface area contributed by atoms with E-state index >= 15 is 0 Å². The van der Waals surface area contributed by atoms with E-state index in [1.54, 1.807) is 0 Å². The van der Waals surface area contributed by atoms with Gasteiger partial charge in [-0.1, -0.05) is 11.6 Å². The molecule has 1 unspecified atom stereocenters. The van der Waals surface area contributed by atoms with E-state index in [0.29, 0.717) is 25.8 Å². The van der Waals surface area contributed by atoms with E-state index in [0.717, 1.165) is 6.07 Å². The number of rotatable bonds is 3. The zero-order valence-corrected chi connectivity index (χ0v) is 10.8. The van der Waals surface area contributed by atoms with E-state index in [1.165, 1.54) is 0 Å². The molecule has 0 aliphatic carbocycles. The number of hydrogen-bond acceptors (Lipinski definition) is 3. The Bertz CT molecular complexity index is 456. The Balaban J connectivity index is 1.98. The number of amides is 1. The quantitative estimate of drug-likeness (QED) is 0.894. The van der Waals surface area contributed by atoms with Crippen molar-refractivity contribution in [2.75, 3.05) is 25.1 Å². The van der Waals surface area contributed by atoms with Crippen LogP contribution in [0.1, 0.15) is 6.42 Å². The molecule has 104 valence electrons. The summed E-state index contributed by atoms with van der Waals surface area (Å²) in [6, 6.07) is 1.50. The minimum absolute atomic E-state index is 0.115. The molecule has 0 spiro atoms. The third-order valence-electron chi connectivity index (χ3n) is 2.70. The average Bonchev–Trinajstić information content (AvgIpc) is 2.35. The van der Waals surface area contributed by atoms with Crippen LogP contribution in [0.4, 0.5) is 14.5 Å². The van der Waals surface area contributed by atoms with Gasteiger partial charge in [-0.3, -0.25) is 4.79 Å². The smallest absolute Gasteiger partial charge is 0.226 e. The first-order valence-corrected chi connectivity index (χ1v) is 6.19. The molecule has 7 heteroatoms. The predicted molar refractivity (Wildman–Crippen MR) is 67.2 cm³/mol. The Morgan fingerprint density at radius 3 is 2.95 bits per heavy atom. The highest BCUT2D eigenvalue weighted by atomic mass is 35.5. The van der Waals surface area contributed by atoms with Crippen molar-refractivity contribution in [3.8, 4) is 0 Å². The van der Waals surface area contributed by atoms with Gasteiger partial charge in [-0.2, -0.15) is 0 Å². The number of anilines is 1. The second-order valence-electron chi connectivity index (χ2n) is 4.22. The maximum absolute atomic E-state index is 13.5. The van der Waals surface area contributed by atoms with Crippen LogP contribution in [-0.4, -0.2) is 31.7 Å². The van der Waals surface area contributed by atoms with Crippen LogP contribution in [0.25, 0.3) is 0 Å². The highest BCUT2D eigenvalue weighted by Crippen LogP contribution is 2.26. The van der Waals surface area contributed by atoms with E-state index in [-0.39, 0.29) is 23.2 Å². The molecule has 1 aromatic rings. The number of morpholine rings is 1. The highest BCUT2D eigenvalue weighted by molar-refractivity contribution is 6.33. The third-order valence-corrected chi connectivity index (χ3v) is 3.00. The summed E-state index contributed by atoms with van der Waals surface area (Å²) in [6.45, 7) is 1.70. The molecule has 1 atom stereocenters. The molecule has 0 aromatic heterocycles. The van der Waals surface area contributed by atoms with Gasteiger partial charge in [0, 0.05) is 25.1 Å². The summed E-state index contributed by atoms with van der Waals surface area (Å²) >= 11 is 5.69. The normalized spacial score (nSPS) is 19.2. The molecule has 19 heavy (non-hydrogen) atoms. The molecule has 0 radical (unpaired) electrons. The van der Waals surface area contributed by atoms with Gasteiger partial charge in [0.15, 0.2) is 5.82 Å². The Morgan fingerprint density at radius 1 is 1.53 bits per heavy atom. The number of nitrogens with one attached hydrogen (secondary N) is 2. The summed E-state index contributed by atoms with van der Waals surface area (Å²) in [4.78, 5) is 11.7. The number of hydrogen-bond donors (Lipinski definition) is 2. The minimum Gasteiger partial charge on any atom is -0.378 e. The highest BCUT2D eigenvalue weighted by Gasteiger charge is 2.19.